The first kappa shape index (κ1) is 13.4. The summed E-state index contributed by atoms with van der Waals surface area (Å²) in [5, 5.41) is 3.63. The van der Waals surface area contributed by atoms with E-state index in [4.69, 9.17) is 0 Å². The molecule has 0 aromatic heterocycles. The summed E-state index contributed by atoms with van der Waals surface area (Å²) < 4.78 is 0. The topological polar surface area (TPSA) is 15.3 Å². The lowest BCUT2D eigenvalue weighted by molar-refractivity contribution is 0.316. The molecule has 0 saturated carbocycles. The first-order valence-electron chi connectivity index (χ1n) is 7.42. The zero-order valence-corrected chi connectivity index (χ0v) is 11.8. The Balaban J connectivity index is 1.93. The van der Waals surface area contributed by atoms with Crippen molar-refractivity contribution in [3.63, 3.8) is 0 Å². The first-order chi connectivity index (χ1) is 8.85. The quantitative estimate of drug-likeness (QED) is 0.828. The normalized spacial score (nSPS) is 14.6. The molecule has 1 aliphatic rings. The minimum atomic E-state index is 1.05. The predicted octanol–water partition coefficient (Wildman–Crippen LogP) is 3.32. The predicted molar refractivity (Wildman–Crippen MR) is 79.4 cm³/mol. The molecule has 0 bridgehead atoms. The molecule has 1 aromatic carbocycles. The van der Waals surface area contributed by atoms with Crippen molar-refractivity contribution in [2.75, 3.05) is 31.5 Å². The van der Waals surface area contributed by atoms with E-state index in [0.29, 0.717) is 0 Å². The van der Waals surface area contributed by atoms with Crippen molar-refractivity contribution in [1.82, 2.24) is 4.90 Å². The van der Waals surface area contributed by atoms with Crippen LogP contribution in [0.2, 0.25) is 0 Å². The van der Waals surface area contributed by atoms with Crippen molar-refractivity contribution in [3.05, 3.63) is 29.3 Å². The van der Waals surface area contributed by atoms with Crippen LogP contribution in [0.15, 0.2) is 18.2 Å². The SMILES string of the molecule is CCN(CC)CCNc1cccc2c1CCCC2. The molecule has 0 atom stereocenters. The van der Waals surface area contributed by atoms with Crippen molar-refractivity contribution in [2.24, 2.45) is 0 Å². The van der Waals surface area contributed by atoms with Crippen molar-refractivity contribution < 1.29 is 0 Å². The highest BCUT2D eigenvalue weighted by Gasteiger charge is 2.12. The number of benzene rings is 1. The number of nitrogens with one attached hydrogen (secondary N) is 1. The molecule has 1 N–H and O–H groups in total. The minimum absolute atomic E-state index is 1.05. The van der Waals surface area contributed by atoms with Crippen LogP contribution in [0, 0.1) is 0 Å². The van der Waals surface area contributed by atoms with E-state index in [1.54, 1.807) is 11.1 Å². The average molecular weight is 246 g/mol. The van der Waals surface area contributed by atoms with Gasteiger partial charge in [0.05, 0.1) is 0 Å². The van der Waals surface area contributed by atoms with E-state index in [-0.39, 0.29) is 0 Å². The summed E-state index contributed by atoms with van der Waals surface area (Å²) in [4.78, 5) is 2.46. The molecular weight excluding hydrogens is 220 g/mol. The standard InChI is InChI=1S/C16H26N2/c1-3-18(4-2)13-12-17-16-11-7-9-14-8-5-6-10-15(14)16/h7,9,11,17H,3-6,8,10,12-13H2,1-2H3. The van der Waals surface area contributed by atoms with Gasteiger partial charge in [-0.1, -0.05) is 26.0 Å². The average Bonchev–Trinajstić information content (AvgIpc) is 2.44. The molecule has 0 amide bonds. The monoisotopic (exact) mass is 246 g/mol. The Morgan fingerprint density at radius 1 is 1.11 bits per heavy atom. The van der Waals surface area contributed by atoms with Crippen LogP contribution in [0.25, 0.3) is 0 Å². The van der Waals surface area contributed by atoms with Crippen molar-refractivity contribution >= 4 is 5.69 Å². The lowest BCUT2D eigenvalue weighted by Crippen LogP contribution is -2.28. The van der Waals surface area contributed by atoms with Gasteiger partial charge in [-0.15, -0.1) is 0 Å². The third-order valence-corrected chi connectivity index (χ3v) is 4.03. The van der Waals surface area contributed by atoms with Crippen molar-refractivity contribution in [3.8, 4) is 0 Å². The smallest absolute Gasteiger partial charge is 0.0375 e. The summed E-state index contributed by atoms with van der Waals surface area (Å²) in [6.45, 7) is 8.94. The summed E-state index contributed by atoms with van der Waals surface area (Å²) in [5.74, 6) is 0. The van der Waals surface area contributed by atoms with Gasteiger partial charge in [0.15, 0.2) is 0 Å². The van der Waals surface area contributed by atoms with Gasteiger partial charge in [0, 0.05) is 18.8 Å². The van der Waals surface area contributed by atoms with Crippen molar-refractivity contribution in [1.29, 1.82) is 0 Å². The molecule has 0 radical (unpaired) electrons. The van der Waals surface area contributed by atoms with E-state index < -0.39 is 0 Å². The first-order valence-corrected chi connectivity index (χ1v) is 7.42. The molecule has 2 heteroatoms. The number of hydrogen-bond acceptors (Lipinski definition) is 2. The van der Waals surface area contributed by atoms with Crippen LogP contribution >= 0.6 is 0 Å². The van der Waals surface area contributed by atoms with Gasteiger partial charge < -0.3 is 10.2 Å². The molecule has 100 valence electrons. The van der Waals surface area contributed by atoms with Crippen LogP contribution in [-0.2, 0) is 12.8 Å². The lowest BCUT2D eigenvalue weighted by Gasteiger charge is -2.22. The fourth-order valence-corrected chi connectivity index (χ4v) is 2.84. The molecule has 1 aromatic rings. The molecule has 0 aliphatic heterocycles. The van der Waals surface area contributed by atoms with Crippen LogP contribution in [-0.4, -0.2) is 31.1 Å². The molecule has 18 heavy (non-hydrogen) atoms. The number of aryl methyl sites for hydroxylation is 1. The fourth-order valence-electron chi connectivity index (χ4n) is 2.84. The molecule has 0 heterocycles. The van der Waals surface area contributed by atoms with E-state index in [1.165, 1.54) is 31.4 Å². The zero-order valence-electron chi connectivity index (χ0n) is 11.8. The van der Waals surface area contributed by atoms with E-state index in [1.807, 2.05) is 0 Å². The van der Waals surface area contributed by atoms with Gasteiger partial charge in [0.1, 0.15) is 0 Å². The third kappa shape index (κ3) is 3.26. The van der Waals surface area contributed by atoms with E-state index in [9.17, 15) is 0 Å². The van der Waals surface area contributed by atoms with Gasteiger partial charge in [-0.3, -0.25) is 0 Å². The van der Waals surface area contributed by atoms with Crippen molar-refractivity contribution in [2.45, 2.75) is 39.5 Å². The van der Waals surface area contributed by atoms with E-state index in [0.717, 1.165) is 26.2 Å². The molecule has 0 saturated heterocycles. The number of rotatable bonds is 6. The van der Waals surface area contributed by atoms with Gasteiger partial charge in [-0.2, -0.15) is 0 Å². The fraction of sp³-hybridized carbons (Fsp3) is 0.625. The largest absolute Gasteiger partial charge is 0.384 e. The zero-order chi connectivity index (χ0) is 12.8. The van der Waals surface area contributed by atoms with Crippen LogP contribution in [0.5, 0.6) is 0 Å². The summed E-state index contributed by atoms with van der Waals surface area (Å²) >= 11 is 0. The number of fused-ring (bicyclic) bond motifs is 1. The van der Waals surface area contributed by atoms with Crippen LogP contribution in [0.3, 0.4) is 0 Å². The Bertz CT molecular complexity index is 369. The highest BCUT2D eigenvalue weighted by molar-refractivity contribution is 5.55. The van der Waals surface area contributed by atoms with Crippen LogP contribution in [0.1, 0.15) is 37.8 Å². The number of likely N-dealkylation sites (N-methyl/N-ethyl adjacent to an activating group) is 1. The van der Waals surface area contributed by atoms with Gasteiger partial charge in [0.25, 0.3) is 0 Å². The Labute approximate surface area is 111 Å². The Morgan fingerprint density at radius 3 is 2.67 bits per heavy atom. The second kappa shape index (κ2) is 6.79. The van der Waals surface area contributed by atoms with E-state index in [2.05, 4.69) is 42.3 Å². The second-order valence-electron chi connectivity index (χ2n) is 5.10. The number of nitrogens with zero attached hydrogens (tertiary/aromatic N) is 1. The maximum absolute atomic E-state index is 3.63. The Hall–Kier alpha value is -1.02. The maximum atomic E-state index is 3.63. The molecule has 0 spiro atoms. The summed E-state index contributed by atoms with van der Waals surface area (Å²) in [5.41, 5.74) is 4.51. The molecule has 0 fully saturated rings. The Kier molecular flexibility index (Phi) is 5.06. The van der Waals surface area contributed by atoms with Gasteiger partial charge in [-0.05, 0) is 56.0 Å². The molecule has 1 aliphatic carbocycles. The highest BCUT2D eigenvalue weighted by atomic mass is 15.1. The van der Waals surface area contributed by atoms with Crippen LogP contribution in [0.4, 0.5) is 5.69 Å². The molecule has 2 nitrogen and oxygen atoms in total. The molecular formula is C16H26N2. The Morgan fingerprint density at radius 2 is 1.89 bits per heavy atom. The number of hydrogen-bond donors (Lipinski definition) is 1. The summed E-state index contributed by atoms with van der Waals surface area (Å²) in [7, 11) is 0. The maximum Gasteiger partial charge on any atom is 0.0375 e. The highest BCUT2D eigenvalue weighted by Crippen LogP contribution is 2.27. The third-order valence-electron chi connectivity index (χ3n) is 4.03. The van der Waals surface area contributed by atoms with Gasteiger partial charge in [0.2, 0.25) is 0 Å². The van der Waals surface area contributed by atoms with E-state index >= 15 is 0 Å². The lowest BCUT2D eigenvalue weighted by atomic mass is 9.90. The number of anilines is 1. The minimum Gasteiger partial charge on any atom is -0.384 e. The van der Waals surface area contributed by atoms with Crippen LogP contribution < -0.4 is 5.32 Å². The van der Waals surface area contributed by atoms with Gasteiger partial charge in [-0.25, -0.2) is 0 Å². The molecule has 2 rings (SSSR count). The summed E-state index contributed by atoms with van der Waals surface area (Å²) in [6.07, 6.45) is 5.22. The second-order valence-corrected chi connectivity index (χ2v) is 5.10. The molecule has 0 unspecified atom stereocenters. The van der Waals surface area contributed by atoms with Gasteiger partial charge >= 0.3 is 0 Å². The summed E-state index contributed by atoms with van der Waals surface area (Å²) in [6, 6.07) is 6.74.